The zero-order valence-electron chi connectivity index (χ0n) is 21.1. The Labute approximate surface area is 231 Å². The Kier molecular flexibility index (Phi) is 9.78. The molecule has 2 amide bonds. The van der Waals surface area contributed by atoms with Crippen LogP contribution >= 0.6 is 23.2 Å². The lowest BCUT2D eigenvalue weighted by molar-refractivity contribution is -0.131. The first-order chi connectivity index (χ1) is 18.4. The molecule has 2 saturated heterocycles. The maximum atomic E-state index is 13.4. The summed E-state index contributed by atoms with van der Waals surface area (Å²) in [6.07, 6.45) is 1.09. The van der Waals surface area contributed by atoms with Crippen molar-refractivity contribution in [1.82, 2.24) is 25.2 Å². The fourth-order valence-corrected chi connectivity index (χ4v) is 4.96. The molecule has 2 aliphatic rings. The van der Waals surface area contributed by atoms with Gasteiger partial charge in [-0.3, -0.25) is 9.59 Å². The van der Waals surface area contributed by atoms with Crippen LogP contribution in [-0.4, -0.2) is 101 Å². The normalized spacial score (nSPS) is 20.2. The lowest BCUT2D eigenvalue weighted by Crippen LogP contribution is -2.61. The number of hydrogen-bond donors (Lipinski definition) is 4. The van der Waals surface area contributed by atoms with Crippen LogP contribution in [0.3, 0.4) is 0 Å². The molecule has 1 aromatic heterocycles. The molecule has 3 atom stereocenters. The van der Waals surface area contributed by atoms with E-state index in [0.29, 0.717) is 43.7 Å². The molecule has 0 spiro atoms. The summed E-state index contributed by atoms with van der Waals surface area (Å²) in [7, 11) is 1.68. The van der Waals surface area contributed by atoms with E-state index in [1.54, 1.807) is 22.9 Å². The smallest absolute Gasteiger partial charge is 0.244 e. The molecular weight excluding hydrogens is 535 g/mol. The van der Waals surface area contributed by atoms with E-state index in [9.17, 15) is 14.7 Å². The van der Waals surface area contributed by atoms with Gasteiger partial charge in [0.2, 0.25) is 29.7 Å². The molecule has 38 heavy (non-hydrogen) atoms. The maximum absolute atomic E-state index is 13.4. The van der Waals surface area contributed by atoms with E-state index in [0.717, 1.165) is 12.0 Å². The minimum absolute atomic E-state index is 0.0800. The van der Waals surface area contributed by atoms with E-state index in [2.05, 4.69) is 30.9 Å². The molecule has 4 rings (SSSR count). The molecule has 1 aromatic carbocycles. The number of carbonyl (C=O) groups excluding carboxylic acids is 2. The number of anilines is 3. The van der Waals surface area contributed by atoms with Crippen LogP contribution < -0.4 is 20.9 Å². The van der Waals surface area contributed by atoms with Crippen LogP contribution in [0.2, 0.25) is 5.02 Å². The zero-order chi connectivity index (χ0) is 27.1. The van der Waals surface area contributed by atoms with Crippen molar-refractivity contribution in [2.45, 2.75) is 31.0 Å². The minimum Gasteiger partial charge on any atom is -0.396 e. The molecule has 0 aliphatic carbocycles. The van der Waals surface area contributed by atoms with Gasteiger partial charge < -0.3 is 35.6 Å². The topological polar surface area (TPSA) is 145 Å². The number of aromatic nitrogens is 3. The van der Waals surface area contributed by atoms with Crippen molar-refractivity contribution < 1.29 is 19.4 Å². The van der Waals surface area contributed by atoms with Crippen molar-refractivity contribution in [2.24, 2.45) is 0 Å². The number of ether oxygens (including phenoxy) is 1. The molecule has 2 aromatic rings. The number of rotatable bonds is 10. The molecule has 3 unspecified atom stereocenters. The summed E-state index contributed by atoms with van der Waals surface area (Å²) in [4.78, 5) is 42.7. The number of amides is 2. The van der Waals surface area contributed by atoms with E-state index in [4.69, 9.17) is 27.9 Å². The maximum Gasteiger partial charge on any atom is 0.244 e. The molecule has 14 heteroatoms. The molecule has 12 nitrogen and oxygen atoms in total. The van der Waals surface area contributed by atoms with Crippen LogP contribution in [0.15, 0.2) is 24.3 Å². The van der Waals surface area contributed by atoms with Crippen molar-refractivity contribution in [2.75, 3.05) is 67.9 Å². The van der Waals surface area contributed by atoms with Crippen LogP contribution in [0.4, 0.5) is 17.8 Å². The second-order valence-corrected chi connectivity index (χ2v) is 9.69. The van der Waals surface area contributed by atoms with Crippen molar-refractivity contribution in [3.63, 3.8) is 0 Å². The standard InChI is InChI=1S/C24H32Cl2N8O4/c1-27-22-30-23(29-18(6-10-35)16-4-2-3-5-17(16)26)32-24(31-22)34-9-8-33(20(36)12-25)13-19(34)21(37)28-15-7-11-38-14-15/h2-5,15,18-19,35H,6-14H2,1H3,(H,28,37)(H2,27,29,30,31,32). The number of nitrogens with zero attached hydrogens (tertiary/aromatic N) is 5. The van der Waals surface area contributed by atoms with Gasteiger partial charge in [-0.25, -0.2) is 0 Å². The number of aliphatic hydroxyl groups excluding tert-OH is 1. The number of aliphatic hydroxyl groups is 1. The van der Waals surface area contributed by atoms with Gasteiger partial charge in [0.25, 0.3) is 0 Å². The molecule has 206 valence electrons. The highest BCUT2D eigenvalue weighted by molar-refractivity contribution is 6.31. The first-order valence-corrected chi connectivity index (χ1v) is 13.4. The van der Waals surface area contributed by atoms with Gasteiger partial charge in [0.1, 0.15) is 11.9 Å². The Hall–Kier alpha value is -2.93. The molecule has 2 aliphatic heterocycles. The molecule has 3 heterocycles. The van der Waals surface area contributed by atoms with Crippen LogP contribution in [0, 0.1) is 0 Å². The van der Waals surface area contributed by atoms with Crippen LogP contribution in [0.1, 0.15) is 24.4 Å². The van der Waals surface area contributed by atoms with E-state index >= 15 is 0 Å². The fourth-order valence-electron chi connectivity index (χ4n) is 4.52. The second kappa shape index (κ2) is 13.2. The monoisotopic (exact) mass is 566 g/mol. The Morgan fingerprint density at radius 3 is 2.68 bits per heavy atom. The summed E-state index contributed by atoms with van der Waals surface area (Å²) in [5.74, 6) is 0.163. The fraction of sp³-hybridized carbons (Fsp3) is 0.542. The third kappa shape index (κ3) is 6.73. The Morgan fingerprint density at radius 1 is 1.21 bits per heavy atom. The highest BCUT2D eigenvalue weighted by Gasteiger charge is 2.37. The number of carbonyl (C=O) groups is 2. The first-order valence-electron chi connectivity index (χ1n) is 12.5. The van der Waals surface area contributed by atoms with Gasteiger partial charge in [-0.05, 0) is 24.5 Å². The van der Waals surface area contributed by atoms with E-state index in [1.807, 2.05) is 18.2 Å². The summed E-state index contributed by atoms with van der Waals surface area (Å²) in [5, 5.41) is 19.4. The second-order valence-electron chi connectivity index (χ2n) is 9.02. The third-order valence-corrected chi connectivity index (χ3v) is 7.10. The summed E-state index contributed by atoms with van der Waals surface area (Å²) in [6, 6.07) is 6.14. The average molecular weight is 567 g/mol. The minimum atomic E-state index is -0.742. The van der Waals surface area contributed by atoms with Gasteiger partial charge in [-0.15, -0.1) is 11.6 Å². The number of hydrogen-bond acceptors (Lipinski definition) is 10. The summed E-state index contributed by atoms with van der Waals surface area (Å²) in [5.41, 5.74) is 0.792. The molecule has 0 radical (unpaired) electrons. The van der Waals surface area contributed by atoms with Crippen molar-refractivity contribution >= 4 is 52.9 Å². The predicted octanol–water partition coefficient (Wildman–Crippen LogP) is 1.26. The molecule has 4 N–H and O–H groups in total. The Bertz CT molecular complexity index is 1120. The average Bonchev–Trinajstić information content (AvgIpc) is 3.45. The van der Waals surface area contributed by atoms with Gasteiger partial charge in [0, 0.05) is 38.4 Å². The van der Waals surface area contributed by atoms with Crippen LogP contribution in [0.25, 0.3) is 0 Å². The Morgan fingerprint density at radius 2 is 2.00 bits per heavy atom. The SMILES string of the molecule is CNc1nc(NC(CCO)c2ccccc2Cl)nc(N2CCN(C(=O)CCl)CC2C(=O)NC2CCOC2)n1. The summed E-state index contributed by atoms with van der Waals surface area (Å²) in [6.45, 7) is 1.77. The lowest BCUT2D eigenvalue weighted by atomic mass is 10.0. The Balaban J connectivity index is 1.63. The molecule has 0 saturated carbocycles. The van der Waals surface area contributed by atoms with Gasteiger partial charge in [-0.1, -0.05) is 29.8 Å². The largest absolute Gasteiger partial charge is 0.396 e. The summed E-state index contributed by atoms with van der Waals surface area (Å²) >= 11 is 12.2. The molecular formula is C24H32Cl2N8O4. The number of piperazine rings is 1. The number of alkyl halides is 1. The highest BCUT2D eigenvalue weighted by atomic mass is 35.5. The van der Waals surface area contributed by atoms with Crippen molar-refractivity contribution in [1.29, 1.82) is 0 Å². The number of halogens is 2. The predicted molar refractivity (Wildman–Crippen MR) is 145 cm³/mol. The molecule has 2 fully saturated rings. The van der Waals surface area contributed by atoms with E-state index in [1.165, 1.54) is 0 Å². The molecule has 0 bridgehead atoms. The highest BCUT2D eigenvalue weighted by Crippen LogP contribution is 2.29. The van der Waals surface area contributed by atoms with Crippen LogP contribution in [0.5, 0.6) is 0 Å². The summed E-state index contributed by atoms with van der Waals surface area (Å²) < 4.78 is 5.39. The third-order valence-electron chi connectivity index (χ3n) is 6.53. The van der Waals surface area contributed by atoms with Gasteiger partial charge >= 0.3 is 0 Å². The number of nitrogens with one attached hydrogen (secondary N) is 3. The quantitative estimate of drug-likeness (QED) is 0.310. The van der Waals surface area contributed by atoms with Crippen molar-refractivity contribution in [3.8, 4) is 0 Å². The van der Waals surface area contributed by atoms with E-state index in [-0.39, 0.29) is 54.8 Å². The van der Waals surface area contributed by atoms with Gasteiger partial charge in [0.15, 0.2) is 0 Å². The van der Waals surface area contributed by atoms with Gasteiger partial charge in [0.05, 0.1) is 25.2 Å². The van der Waals surface area contributed by atoms with Gasteiger partial charge in [-0.2, -0.15) is 15.0 Å². The van der Waals surface area contributed by atoms with Crippen molar-refractivity contribution in [3.05, 3.63) is 34.9 Å². The number of benzene rings is 1. The zero-order valence-corrected chi connectivity index (χ0v) is 22.6. The lowest BCUT2D eigenvalue weighted by Gasteiger charge is -2.40. The van der Waals surface area contributed by atoms with Crippen LogP contribution in [-0.2, 0) is 14.3 Å². The first kappa shape index (κ1) is 28.1. The van der Waals surface area contributed by atoms with E-state index < -0.39 is 6.04 Å².